The SMILES string of the molecule is CC(C)(CCN)c1cc(F)ccc1O. The highest BCUT2D eigenvalue weighted by molar-refractivity contribution is 5.38. The van der Waals surface area contributed by atoms with Crippen molar-refractivity contribution in [1.82, 2.24) is 0 Å². The van der Waals surface area contributed by atoms with Crippen LogP contribution >= 0.6 is 0 Å². The number of nitrogens with two attached hydrogens (primary N) is 1. The maximum Gasteiger partial charge on any atom is 0.123 e. The first-order valence-electron chi connectivity index (χ1n) is 4.66. The average Bonchev–Trinajstić information content (AvgIpc) is 2.09. The normalized spacial score (nSPS) is 11.7. The fourth-order valence-corrected chi connectivity index (χ4v) is 1.55. The topological polar surface area (TPSA) is 46.2 Å². The summed E-state index contributed by atoms with van der Waals surface area (Å²) in [5, 5.41) is 9.59. The molecule has 3 heteroatoms. The number of benzene rings is 1. The fraction of sp³-hybridized carbons (Fsp3) is 0.455. The zero-order chi connectivity index (χ0) is 10.8. The zero-order valence-electron chi connectivity index (χ0n) is 8.55. The molecule has 1 rings (SSSR count). The lowest BCUT2D eigenvalue weighted by molar-refractivity contribution is 0.419. The summed E-state index contributed by atoms with van der Waals surface area (Å²) in [6, 6.07) is 3.99. The number of halogens is 1. The summed E-state index contributed by atoms with van der Waals surface area (Å²) >= 11 is 0. The third-order valence-corrected chi connectivity index (χ3v) is 2.46. The Kier molecular flexibility index (Phi) is 3.11. The third-order valence-electron chi connectivity index (χ3n) is 2.46. The van der Waals surface area contributed by atoms with Gasteiger partial charge in [-0.25, -0.2) is 4.39 Å². The maximum absolute atomic E-state index is 13.0. The van der Waals surface area contributed by atoms with E-state index >= 15 is 0 Å². The van der Waals surface area contributed by atoms with Crippen LogP contribution in [-0.4, -0.2) is 11.7 Å². The number of phenolic OH excluding ortho intramolecular Hbond substituents is 1. The Hall–Kier alpha value is -1.09. The minimum atomic E-state index is -0.331. The smallest absolute Gasteiger partial charge is 0.123 e. The van der Waals surface area contributed by atoms with Crippen LogP contribution < -0.4 is 5.73 Å². The van der Waals surface area contributed by atoms with Crippen LogP contribution in [0.5, 0.6) is 5.75 Å². The van der Waals surface area contributed by atoms with Crippen LogP contribution in [0.25, 0.3) is 0 Å². The molecule has 0 spiro atoms. The summed E-state index contributed by atoms with van der Waals surface area (Å²) in [5.74, 6) is -0.201. The number of aromatic hydroxyl groups is 1. The van der Waals surface area contributed by atoms with Gasteiger partial charge in [-0.3, -0.25) is 0 Å². The molecule has 14 heavy (non-hydrogen) atoms. The van der Waals surface area contributed by atoms with Crippen molar-refractivity contribution in [3.05, 3.63) is 29.6 Å². The molecule has 0 fully saturated rings. The predicted octanol–water partition coefficient (Wildman–Crippen LogP) is 2.16. The summed E-state index contributed by atoms with van der Waals surface area (Å²) < 4.78 is 13.0. The van der Waals surface area contributed by atoms with Gasteiger partial charge in [0.05, 0.1) is 0 Å². The van der Waals surface area contributed by atoms with Crippen molar-refractivity contribution in [2.24, 2.45) is 5.73 Å². The molecule has 1 aromatic rings. The van der Waals surface area contributed by atoms with E-state index in [1.54, 1.807) is 0 Å². The van der Waals surface area contributed by atoms with Crippen molar-refractivity contribution in [3.8, 4) is 5.75 Å². The van der Waals surface area contributed by atoms with Gasteiger partial charge in [0.15, 0.2) is 0 Å². The van der Waals surface area contributed by atoms with Gasteiger partial charge in [0, 0.05) is 5.56 Å². The van der Waals surface area contributed by atoms with Crippen LogP contribution in [0.15, 0.2) is 18.2 Å². The van der Waals surface area contributed by atoms with E-state index in [1.807, 2.05) is 13.8 Å². The molecule has 0 aliphatic carbocycles. The Morgan fingerprint density at radius 2 is 2.07 bits per heavy atom. The number of hydrogen-bond acceptors (Lipinski definition) is 2. The highest BCUT2D eigenvalue weighted by atomic mass is 19.1. The molecule has 78 valence electrons. The van der Waals surface area contributed by atoms with Gasteiger partial charge >= 0.3 is 0 Å². The molecular formula is C11H16FNO. The standard InChI is InChI=1S/C11H16FNO/c1-11(2,5-6-13)9-7-8(12)3-4-10(9)14/h3-4,7,14H,5-6,13H2,1-2H3. The molecule has 2 nitrogen and oxygen atoms in total. The Morgan fingerprint density at radius 3 is 2.64 bits per heavy atom. The molecule has 0 atom stereocenters. The van der Waals surface area contributed by atoms with Crippen LogP contribution in [0.4, 0.5) is 4.39 Å². The van der Waals surface area contributed by atoms with Crippen LogP contribution in [0, 0.1) is 5.82 Å². The number of rotatable bonds is 3. The quantitative estimate of drug-likeness (QED) is 0.780. The van der Waals surface area contributed by atoms with E-state index < -0.39 is 0 Å². The lowest BCUT2D eigenvalue weighted by Crippen LogP contribution is -2.21. The van der Waals surface area contributed by atoms with E-state index in [2.05, 4.69) is 0 Å². The zero-order valence-corrected chi connectivity index (χ0v) is 8.55. The summed E-state index contributed by atoms with van der Waals surface area (Å²) in [7, 11) is 0. The summed E-state index contributed by atoms with van der Waals surface area (Å²) in [5.41, 5.74) is 5.79. The predicted molar refractivity (Wildman–Crippen MR) is 54.8 cm³/mol. The van der Waals surface area contributed by atoms with Gasteiger partial charge in [0.25, 0.3) is 0 Å². The maximum atomic E-state index is 13.0. The molecule has 3 N–H and O–H groups in total. The largest absolute Gasteiger partial charge is 0.508 e. The Bertz CT molecular complexity index is 323. The van der Waals surface area contributed by atoms with Crippen molar-refractivity contribution in [2.75, 3.05) is 6.54 Å². The summed E-state index contributed by atoms with van der Waals surface area (Å²) in [6.45, 7) is 4.39. The first-order chi connectivity index (χ1) is 6.47. The number of hydrogen-bond donors (Lipinski definition) is 2. The van der Waals surface area contributed by atoms with Crippen LogP contribution in [0.1, 0.15) is 25.8 Å². The highest BCUT2D eigenvalue weighted by Gasteiger charge is 2.23. The van der Waals surface area contributed by atoms with Gasteiger partial charge in [-0.2, -0.15) is 0 Å². The molecule has 0 heterocycles. The molecule has 0 saturated carbocycles. The molecule has 1 aromatic carbocycles. The van der Waals surface area contributed by atoms with Crippen molar-refractivity contribution < 1.29 is 9.50 Å². The first-order valence-corrected chi connectivity index (χ1v) is 4.66. The third kappa shape index (κ3) is 2.23. The highest BCUT2D eigenvalue weighted by Crippen LogP contribution is 2.33. The molecule has 0 aliphatic heterocycles. The molecular weight excluding hydrogens is 181 g/mol. The molecule has 0 aromatic heterocycles. The molecule has 0 aliphatic rings. The fourth-order valence-electron chi connectivity index (χ4n) is 1.55. The Balaban J connectivity index is 3.10. The number of phenols is 1. The molecule has 0 unspecified atom stereocenters. The van der Waals surface area contributed by atoms with Gasteiger partial charge in [-0.1, -0.05) is 13.8 Å². The van der Waals surface area contributed by atoms with Gasteiger partial charge in [0.1, 0.15) is 11.6 Å². The minimum absolute atomic E-state index is 0.129. The first kappa shape index (κ1) is 11.0. The van der Waals surface area contributed by atoms with Crippen LogP contribution in [-0.2, 0) is 5.41 Å². The second-order valence-electron chi connectivity index (χ2n) is 4.08. The van der Waals surface area contributed by atoms with E-state index in [-0.39, 0.29) is 17.0 Å². The van der Waals surface area contributed by atoms with E-state index in [0.717, 1.165) is 0 Å². The van der Waals surface area contributed by atoms with Crippen LogP contribution in [0.2, 0.25) is 0 Å². The van der Waals surface area contributed by atoms with Crippen molar-refractivity contribution in [2.45, 2.75) is 25.7 Å². The monoisotopic (exact) mass is 197 g/mol. The molecule has 0 saturated heterocycles. The van der Waals surface area contributed by atoms with Crippen molar-refractivity contribution in [1.29, 1.82) is 0 Å². The van der Waals surface area contributed by atoms with Crippen molar-refractivity contribution in [3.63, 3.8) is 0 Å². The lowest BCUT2D eigenvalue weighted by Gasteiger charge is -2.25. The Morgan fingerprint density at radius 1 is 1.43 bits per heavy atom. The van der Waals surface area contributed by atoms with E-state index in [4.69, 9.17) is 5.73 Å². The summed E-state index contributed by atoms with van der Waals surface area (Å²) in [4.78, 5) is 0. The lowest BCUT2D eigenvalue weighted by atomic mass is 9.81. The second kappa shape index (κ2) is 3.96. The van der Waals surface area contributed by atoms with Gasteiger partial charge in [-0.05, 0) is 36.6 Å². The average molecular weight is 197 g/mol. The van der Waals surface area contributed by atoms with E-state index in [1.165, 1.54) is 18.2 Å². The Labute approximate surface area is 83.6 Å². The molecule has 0 amide bonds. The minimum Gasteiger partial charge on any atom is -0.508 e. The van der Waals surface area contributed by atoms with Gasteiger partial charge in [-0.15, -0.1) is 0 Å². The van der Waals surface area contributed by atoms with Gasteiger partial charge < -0.3 is 10.8 Å². The van der Waals surface area contributed by atoms with E-state index in [9.17, 15) is 9.50 Å². The summed E-state index contributed by atoms with van der Waals surface area (Å²) in [6.07, 6.45) is 0.712. The van der Waals surface area contributed by atoms with Crippen molar-refractivity contribution >= 4 is 0 Å². The second-order valence-corrected chi connectivity index (χ2v) is 4.08. The van der Waals surface area contributed by atoms with Gasteiger partial charge in [0.2, 0.25) is 0 Å². The molecule has 0 bridgehead atoms. The van der Waals surface area contributed by atoms with E-state index in [0.29, 0.717) is 18.5 Å². The van der Waals surface area contributed by atoms with Crippen LogP contribution in [0.3, 0.4) is 0 Å². The molecule has 0 radical (unpaired) electrons.